The minimum Gasteiger partial charge on any atom is -0.402 e. The van der Waals surface area contributed by atoms with E-state index in [0.717, 1.165) is 12.1 Å². The number of nitrogens with two attached hydrogens (primary N) is 1. The molecule has 17 heavy (non-hydrogen) atoms. The highest BCUT2D eigenvalue weighted by molar-refractivity contribution is 8.05. The van der Waals surface area contributed by atoms with E-state index < -0.39 is 0 Å². The van der Waals surface area contributed by atoms with Crippen molar-refractivity contribution in [2.75, 3.05) is 0 Å². The van der Waals surface area contributed by atoms with Gasteiger partial charge in [-0.25, -0.2) is 0 Å². The number of unbranched alkanes of at least 4 members (excludes halogenated alkanes) is 7. The summed E-state index contributed by atoms with van der Waals surface area (Å²) in [5.74, 6) is 0. The van der Waals surface area contributed by atoms with Crippen LogP contribution in [0.3, 0.4) is 0 Å². The van der Waals surface area contributed by atoms with Crippen molar-refractivity contribution in [1.82, 2.24) is 0 Å². The molecule has 0 spiro atoms. The largest absolute Gasteiger partial charge is 0.402 e. The van der Waals surface area contributed by atoms with Gasteiger partial charge in [0.05, 0.1) is 0 Å². The van der Waals surface area contributed by atoms with Crippen LogP contribution in [0.1, 0.15) is 71.6 Å². The van der Waals surface area contributed by atoms with Gasteiger partial charge < -0.3 is 5.73 Å². The predicted octanol–water partition coefficient (Wildman–Crippen LogP) is 5.58. The lowest BCUT2D eigenvalue weighted by molar-refractivity contribution is 0.577. The van der Waals surface area contributed by atoms with Crippen molar-refractivity contribution in [2.45, 2.75) is 71.6 Å². The topological polar surface area (TPSA) is 26.0 Å². The minimum atomic E-state index is 0.868. The molecule has 2 N–H and O–H groups in total. The van der Waals surface area contributed by atoms with Crippen molar-refractivity contribution >= 4 is 11.8 Å². The Morgan fingerprint density at radius 1 is 1.06 bits per heavy atom. The Morgan fingerprint density at radius 3 is 2.12 bits per heavy atom. The normalized spacial score (nSPS) is 11.8. The molecule has 0 rings (SSSR count). The lowest BCUT2D eigenvalue weighted by Gasteiger charge is -2.03. The quantitative estimate of drug-likeness (QED) is 0.487. The molecule has 0 saturated carbocycles. The molecular formula is C15H29NS. The van der Waals surface area contributed by atoms with E-state index >= 15 is 0 Å². The molecule has 2 heteroatoms. The number of thioether (sulfide) groups is 1. The number of hydrogen-bond donors (Lipinski definition) is 1. The fourth-order valence-corrected chi connectivity index (χ4v) is 2.31. The Hall–Kier alpha value is -0.370. The van der Waals surface area contributed by atoms with Gasteiger partial charge in [-0.15, -0.1) is 11.8 Å². The maximum absolute atomic E-state index is 5.57. The van der Waals surface area contributed by atoms with Crippen molar-refractivity contribution in [3.8, 4) is 0 Å². The number of hydrogen-bond acceptors (Lipinski definition) is 2. The van der Waals surface area contributed by atoms with Crippen LogP contribution in [0.5, 0.6) is 0 Å². The van der Waals surface area contributed by atoms with Gasteiger partial charge in [0.2, 0.25) is 0 Å². The first kappa shape index (κ1) is 16.6. The summed E-state index contributed by atoms with van der Waals surface area (Å²) in [6, 6.07) is 0. The molecule has 0 radical (unpaired) electrons. The number of rotatable bonds is 11. The van der Waals surface area contributed by atoms with Gasteiger partial charge in [0.25, 0.3) is 0 Å². The molecule has 0 aromatic carbocycles. The molecule has 0 heterocycles. The smallest absolute Gasteiger partial charge is 0.0116 e. The molecule has 0 atom stereocenters. The van der Waals surface area contributed by atoms with Crippen molar-refractivity contribution in [2.24, 2.45) is 5.73 Å². The van der Waals surface area contributed by atoms with Crippen molar-refractivity contribution < 1.29 is 0 Å². The molecule has 0 fully saturated rings. The van der Waals surface area contributed by atoms with Crippen LogP contribution < -0.4 is 5.73 Å². The molecule has 0 aliphatic heterocycles. The molecule has 0 saturated heterocycles. The van der Waals surface area contributed by atoms with Crippen LogP contribution in [0.25, 0.3) is 0 Å². The van der Waals surface area contributed by atoms with Crippen LogP contribution in [-0.2, 0) is 0 Å². The minimum absolute atomic E-state index is 0.868. The van der Waals surface area contributed by atoms with Gasteiger partial charge in [0.15, 0.2) is 0 Å². The molecule has 0 aliphatic rings. The van der Waals surface area contributed by atoms with Gasteiger partial charge in [-0.05, 0) is 30.1 Å². The lowest BCUT2D eigenvalue weighted by Crippen LogP contribution is -1.88. The van der Waals surface area contributed by atoms with E-state index in [2.05, 4.69) is 13.5 Å². The summed E-state index contributed by atoms with van der Waals surface area (Å²) in [5.41, 5.74) is 6.44. The third-order valence-electron chi connectivity index (χ3n) is 2.72. The first-order valence-electron chi connectivity index (χ1n) is 6.93. The summed E-state index contributed by atoms with van der Waals surface area (Å²) < 4.78 is 0. The first-order valence-corrected chi connectivity index (χ1v) is 7.81. The zero-order valence-corrected chi connectivity index (χ0v) is 12.5. The summed E-state index contributed by atoms with van der Waals surface area (Å²) in [6.07, 6.45) is 12.1. The van der Waals surface area contributed by atoms with Crippen molar-refractivity contribution in [3.05, 3.63) is 22.6 Å². The molecule has 100 valence electrons. The standard InChI is InChI=1S/C15H29NS/c1-4-5-6-7-8-9-10-11-12-15(3)17-13-14(2)16/h13H,3-12,16H2,1-2H3/b14-13-. The van der Waals surface area contributed by atoms with E-state index in [1.54, 1.807) is 11.8 Å². The Kier molecular flexibility index (Phi) is 11.8. The van der Waals surface area contributed by atoms with Crippen LogP contribution >= 0.6 is 11.8 Å². The lowest BCUT2D eigenvalue weighted by atomic mass is 10.1. The second-order valence-electron chi connectivity index (χ2n) is 4.74. The van der Waals surface area contributed by atoms with Gasteiger partial charge in [-0.2, -0.15) is 0 Å². The van der Waals surface area contributed by atoms with Gasteiger partial charge in [-0.3, -0.25) is 0 Å². The Morgan fingerprint density at radius 2 is 1.59 bits per heavy atom. The van der Waals surface area contributed by atoms with Gasteiger partial charge >= 0.3 is 0 Å². The molecule has 0 aliphatic carbocycles. The molecule has 1 nitrogen and oxygen atoms in total. The zero-order chi connectivity index (χ0) is 12.9. The summed E-state index contributed by atoms with van der Waals surface area (Å²) in [4.78, 5) is 1.24. The van der Waals surface area contributed by atoms with Crippen LogP contribution in [0.2, 0.25) is 0 Å². The maximum Gasteiger partial charge on any atom is 0.0116 e. The highest BCUT2D eigenvalue weighted by Crippen LogP contribution is 2.22. The summed E-state index contributed by atoms with van der Waals surface area (Å²) in [7, 11) is 0. The van der Waals surface area contributed by atoms with Gasteiger partial charge in [0, 0.05) is 5.70 Å². The third-order valence-corrected chi connectivity index (χ3v) is 3.75. The summed E-state index contributed by atoms with van der Waals surface area (Å²) in [5, 5.41) is 1.98. The van der Waals surface area contributed by atoms with Gasteiger partial charge in [-0.1, -0.05) is 58.4 Å². The molecular weight excluding hydrogens is 226 g/mol. The van der Waals surface area contributed by atoms with E-state index in [1.807, 2.05) is 12.3 Å². The third kappa shape index (κ3) is 13.6. The van der Waals surface area contributed by atoms with Gasteiger partial charge in [0.1, 0.15) is 0 Å². The zero-order valence-electron chi connectivity index (χ0n) is 11.6. The van der Waals surface area contributed by atoms with E-state index in [0.29, 0.717) is 0 Å². The molecule has 0 bridgehead atoms. The Labute approximate surface area is 112 Å². The second kappa shape index (κ2) is 12.1. The highest BCUT2D eigenvalue weighted by Gasteiger charge is 1.95. The first-order chi connectivity index (χ1) is 8.16. The Bertz CT molecular complexity index is 217. The summed E-state index contributed by atoms with van der Waals surface area (Å²) >= 11 is 1.68. The molecule has 0 aromatic heterocycles. The van der Waals surface area contributed by atoms with Crippen LogP contribution in [-0.4, -0.2) is 0 Å². The molecule has 0 amide bonds. The average molecular weight is 255 g/mol. The van der Waals surface area contributed by atoms with Crippen LogP contribution in [0.15, 0.2) is 22.6 Å². The van der Waals surface area contributed by atoms with E-state index in [9.17, 15) is 0 Å². The predicted molar refractivity (Wildman–Crippen MR) is 81.9 cm³/mol. The SMILES string of the molecule is C=C(CCCCCCCCCC)S/C=C(/C)N. The second-order valence-corrected chi connectivity index (χ2v) is 5.79. The van der Waals surface area contributed by atoms with Crippen LogP contribution in [0, 0.1) is 0 Å². The van der Waals surface area contributed by atoms with Crippen LogP contribution in [0.4, 0.5) is 0 Å². The van der Waals surface area contributed by atoms with E-state index in [4.69, 9.17) is 5.73 Å². The molecule has 0 aromatic rings. The molecule has 0 unspecified atom stereocenters. The van der Waals surface area contributed by atoms with E-state index in [1.165, 1.54) is 56.3 Å². The summed E-state index contributed by atoms with van der Waals surface area (Å²) in [6.45, 7) is 8.23. The highest BCUT2D eigenvalue weighted by atomic mass is 32.2. The monoisotopic (exact) mass is 255 g/mol. The maximum atomic E-state index is 5.57. The average Bonchev–Trinajstić information content (AvgIpc) is 2.30. The van der Waals surface area contributed by atoms with E-state index in [-0.39, 0.29) is 0 Å². The fraction of sp³-hybridized carbons (Fsp3) is 0.733. The Balaban J connectivity index is 3.22. The fourth-order valence-electron chi connectivity index (χ4n) is 1.69. The number of allylic oxidation sites excluding steroid dienone is 2. The van der Waals surface area contributed by atoms with Crippen molar-refractivity contribution in [3.63, 3.8) is 0 Å². The van der Waals surface area contributed by atoms with Crippen molar-refractivity contribution in [1.29, 1.82) is 0 Å².